The van der Waals surface area contributed by atoms with Crippen LogP contribution in [-0.4, -0.2) is 52.2 Å². The van der Waals surface area contributed by atoms with Gasteiger partial charge in [0.05, 0.1) is 24.3 Å². The summed E-state index contributed by atoms with van der Waals surface area (Å²) in [5.74, 6) is -1.25. The van der Waals surface area contributed by atoms with Crippen molar-refractivity contribution < 1.29 is 19.4 Å². The Morgan fingerprint density at radius 2 is 2.16 bits per heavy atom. The standard InChI is InChI=1S/C13H16N2O4/c1-8-9(2)19-6-5-15(8)12(16)10-3-4-11(13(17)18)14-7-10/h3-4,7-9H,5-6H2,1-2H3,(H,17,18)/t8-,9+/m1/s1. The Morgan fingerprint density at radius 3 is 2.74 bits per heavy atom. The molecule has 1 aliphatic rings. The first-order valence-electron chi connectivity index (χ1n) is 6.12. The third kappa shape index (κ3) is 2.73. The number of aromatic nitrogens is 1. The molecule has 0 aromatic carbocycles. The van der Waals surface area contributed by atoms with E-state index in [0.29, 0.717) is 18.7 Å². The van der Waals surface area contributed by atoms with Crippen molar-refractivity contribution in [2.75, 3.05) is 13.2 Å². The van der Waals surface area contributed by atoms with Crippen LogP contribution in [0.3, 0.4) is 0 Å². The Morgan fingerprint density at radius 1 is 1.42 bits per heavy atom. The van der Waals surface area contributed by atoms with E-state index < -0.39 is 5.97 Å². The molecule has 1 fully saturated rings. The van der Waals surface area contributed by atoms with Crippen molar-refractivity contribution >= 4 is 11.9 Å². The SMILES string of the molecule is C[C@@H]1OCCN(C(=O)c2ccc(C(=O)O)nc2)[C@@H]1C. The average molecular weight is 264 g/mol. The van der Waals surface area contributed by atoms with E-state index in [-0.39, 0.29) is 23.7 Å². The fourth-order valence-corrected chi connectivity index (χ4v) is 2.03. The van der Waals surface area contributed by atoms with Crippen LogP contribution < -0.4 is 0 Å². The largest absolute Gasteiger partial charge is 0.477 e. The molecule has 0 radical (unpaired) electrons. The second-order valence-electron chi connectivity index (χ2n) is 4.55. The third-order valence-corrected chi connectivity index (χ3v) is 3.37. The number of pyridine rings is 1. The smallest absolute Gasteiger partial charge is 0.354 e. The van der Waals surface area contributed by atoms with Crippen molar-refractivity contribution in [1.82, 2.24) is 9.88 Å². The maximum Gasteiger partial charge on any atom is 0.354 e. The molecule has 0 spiro atoms. The number of aromatic carboxylic acids is 1. The summed E-state index contributed by atoms with van der Waals surface area (Å²) in [6, 6.07) is 2.82. The molecule has 0 aliphatic carbocycles. The van der Waals surface area contributed by atoms with Crippen LogP contribution >= 0.6 is 0 Å². The molecule has 2 heterocycles. The highest BCUT2D eigenvalue weighted by atomic mass is 16.5. The highest BCUT2D eigenvalue weighted by molar-refractivity contribution is 5.95. The maximum atomic E-state index is 12.3. The molecule has 6 heteroatoms. The van der Waals surface area contributed by atoms with E-state index in [4.69, 9.17) is 9.84 Å². The van der Waals surface area contributed by atoms with Gasteiger partial charge < -0.3 is 14.7 Å². The fraction of sp³-hybridized carbons (Fsp3) is 0.462. The predicted molar refractivity (Wildman–Crippen MR) is 67.1 cm³/mol. The van der Waals surface area contributed by atoms with Crippen LogP contribution in [0.25, 0.3) is 0 Å². The van der Waals surface area contributed by atoms with E-state index >= 15 is 0 Å². The number of amides is 1. The van der Waals surface area contributed by atoms with Gasteiger partial charge >= 0.3 is 5.97 Å². The summed E-state index contributed by atoms with van der Waals surface area (Å²) >= 11 is 0. The Balaban J connectivity index is 2.17. The molecule has 1 aliphatic heterocycles. The van der Waals surface area contributed by atoms with E-state index in [0.717, 1.165) is 0 Å². The Kier molecular flexibility index (Phi) is 3.80. The number of morpholine rings is 1. The number of nitrogens with zero attached hydrogens (tertiary/aromatic N) is 2. The molecule has 2 rings (SSSR count). The van der Waals surface area contributed by atoms with Gasteiger partial charge in [0.25, 0.3) is 5.91 Å². The quantitative estimate of drug-likeness (QED) is 0.863. The minimum atomic E-state index is -1.10. The molecule has 0 saturated carbocycles. The van der Waals surface area contributed by atoms with Crippen molar-refractivity contribution in [2.45, 2.75) is 26.0 Å². The van der Waals surface area contributed by atoms with Gasteiger partial charge in [-0.05, 0) is 26.0 Å². The van der Waals surface area contributed by atoms with Gasteiger partial charge in [-0.2, -0.15) is 0 Å². The maximum absolute atomic E-state index is 12.3. The molecule has 0 bridgehead atoms. The summed E-state index contributed by atoms with van der Waals surface area (Å²) in [5.41, 5.74) is 0.325. The van der Waals surface area contributed by atoms with Gasteiger partial charge in [-0.1, -0.05) is 0 Å². The third-order valence-electron chi connectivity index (χ3n) is 3.37. The van der Waals surface area contributed by atoms with Crippen LogP contribution in [0.1, 0.15) is 34.7 Å². The van der Waals surface area contributed by atoms with Crippen molar-refractivity contribution in [3.63, 3.8) is 0 Å². The van der Waals surface area contributed by atoms with Gasteiger partial charge in [-0.15, -0.1) is 0 Å². The summed E-state index contributed by atoms with van der Waals surface area (Å²) in [6.45, 7) is 4.90. The fourth-order valence-electron chi connectivity index (χ4n) is 2.03. The van der Waals surface area contributed by atoms with Crippen molar-refractivity contribution in [3.05, 3.63) is 29.6 Å². The molecular weight excluding hydrogens is 248 g/mol. The lowest BCUT2D eigenvalue weighted by atomic mass is 10.1. The van der Waals surface area contributed by atoms with Crippen LogP contribution in [0, 0.1) is 0 Å². The zero-order valence-corrected chi connectivity index (χ0v) is 10.9. The Labute approximate surface area is 111 Å². The van der Waals surface area contributed by atoms with Crippen LogP contribution in [0.15, 0.2) is 18.3 Å². The van der Waals surface area contributed by atoms with E-state index in [1.54, 1.807) is 4.90 Å². The normalized spacial score (nSPS) is 23.2. The Bertz CT molecular complexity index is 486. The number of hydrogen-bond donors (Lipinski definition) is 1. The number of ether oxygens (including phenoxy) is 1. The van der Waals surface area contributed by atoms with Crippen LogP contribution in [-0.2, 0) is 4.74 Å². The highest BCUT2D eigenvalue weighted by Gasteiger charge is 2.29. The summed E-state index contributed by atoms with van der Waals surface area (Å²) in [4.78, 5) is 28.5. The molecule has 6 nitrogen and oxygen atoms in total. The van der Waals surface area contributed by atoms with Crippen molar-refractivity contribution in [2.24, 2.45) is 0 Å². The number of carboxylic acids is 1. The number of hydrogen-bond acceptors (Lipinski definition) is 4. The number of carbonyl (C=O) groups is 2. The number of carboxylic acid groups (broad SMARTS) is 1. The summed E-state index contributed by atoms with van der Waals surface area (Å²) in [5, 5.41) is 8.77. The minimum absolute atomic E-state index is 0.0102. The molecule has 2 atom stereocenters. The van der Waals surface area contributed by atoms with Crippen LogP contribution in [0.4, 0.5) is 0 Å². The summed E-state index contributed by atoms with van der Waals surface area (Å²) in [6.07, 6.45) is 1.29. The zero-order chi connectivity index (χ0) is 14.0. The van der Waals surface area contributed by atoms with Crippen LogP contribution in [0.2, 0.25) is 0 Å². The van der Waals surface area contributed by atoms with Gasteiger partial charge in [0.1, 0.15) is 5.69 Å². The van der Waals surface area contributed by atoms with E-state index in [1.807, 2.05) is 13.8 Å². The van der Waals surface area contributed by atoms with Crippen molar-refractivity contribution in [3.8, 4) is 0 Å². The first-order valence-corrected chi connectivity index (χ1v) is 6.12. The summed E-state index contributed by atoms with van der Waals surface area (Å²) in [7, 11) is 0. The molecule has 1 aromatic heterocycles. The van der Waals surface area contributed by atoms with E-state index in [9.17, 15) is 9.59 Å². The summed E-state index contributed by atoms with van der Waals surface area (Å²) < 4.78 is 5.47. The first-order chi connectivity index (χ1) is 9.00. The van der Waals surface area contributed by atoms with Crippen molar-refractivity contribution in [1.29, 1.82) is 0 Å². The second kappa shape index (κ2) is 5.36. The minimum Gasteiger partial charge on any atom is -0.477 e. The first kappa shape index (κ1) is 13.5. The van der Waals surface area contributed by atoms with Gasteiger partial charge in [0.15, 0.2) is 0 Å². The van der Waals surface area contributed by atoms with Gasteiger partial charge in [-0.3, -0.25) is 4.79 Å². The molecule has 102 valence electrons. The van der Waals surface area contributed by atoms with E-state index in [1.165, 1.54) is 18.3 Å². The molecule has 1 amide bonds. The average Bonchev–Trinajstić information content (AvgIpc) is 2.41. The zero-order valence-electron chi connectivity index (χ0n) is 10.9. The topological polar surface area (TPSA) is 79.7 Å². The lowest BCUT2D eigenvalue weighted by Crippen LogP contribution is -2.51. The van der Waals surface area contributed by atoms with E-state index in [2.05, 4.69) is 4.98 Å². The lowest BCUT2D eigenvalue weighted by Gasteiger charge is -2.37. The van der Waals surface area contributed by atoms with Gasteiger partial charge in [-0.25, -0.2) is 9.78 Å². The van der Waals surface area contributed by atoms with Crippen LogP contribution in [0.5, 0.6) is 0 Å². The molecule has 1 N–H and O–H groups in total. The second-order valence-corrected chi connectivity index (χ2v) is 4.55. The number of rotatable bonds is 2. The lowest BCUT2D eigenvalue weighted by molar-refractivity contribution is -0.0440. The number of carbonyl (C=O) groups excluding carboxylic acids is 1. The highest BCUT2D eigenvalue weighted by Crippen LogP contribution is 2.16. The van der Waals surface area contributed by atoms with Gasteiger partial charge in [0.2, 0.25) is 0 Å². The molecule has 1 aromatic rings. The molecule has 0 unspecified atom stereocenters. The molecule has 1 saturated heterocycles. The van der Waals surface area contributed by atoms with Gasteiger partial charge in [0, 0.05) is 12.7 Å². The molecule has 19 heavy (non-hydrogen) atoms. The Hall–Kier alpha value is -1.95. The predicted octanol–water partition coefficient (Wildman–Crippen LogP) is 1.03. The monoisotopic (exact) mass is 264 g/mol. The molecular formula is C13H16N2O4.